The van der Waals surface area contributed by atoms with E-state index in [9.17, 15) is 0 Å². The van der Waals surface area contributed by atoms with Crippen molar-refractivity contribution in [3.63, 3.8) is 0 Å². The lowest BCUT2D eigenvalue weighted by Gasteiger charge is -2.21. The Hall–Kier alpha value is -6.72. The van der Waals surface area contributed by atoms with Crippen molar-refractivity contribution in [2.75, 3.05) is 0 Å². The van der Waals surface area contributed by atoms with Gasteiger partial charge in [0, 0.05) is 56.1 Å². The number of benzene rings is 5. The second-order valence-corrected chi connectivity index (χ2v) is 19.8. The Balaban J connectivity index is 1.34. The second kappa shape index (κ2) is 16.2. The van der Waals surface area contributed by atoms with Crippen LogP contribution >= 0.6 is 0 Å². The van der Waals surface area contributed by atoms with E-state index in [0.29, 0.717) is 5.82 Å². The van der Waals surface area contributed by atoms with Crippen molar-refractivity contribution < 1.29 is 0 Å². The van der Waals surface area contributed by atoms with Crippen LogP contribution in [0.1, 0.15) is 104 Å². The zero-order valence-electron chi connectivity index (χ0n) is 38.3. The molecule has 0 fully saturated rings. The molecule has 0 atom stereocenters. The van der Waals surface area contributed by atoms with Crippen LogP contribution in [0.25, 0.3) is 89.2 Å². The molecule has 0 spiro atoms. The molecule has 0 saturated heterocycles. The van der Waals surface area contributed by atoms with Gasteiger partial charge in [0.25, 0.3) is 0 Å². The van der Waals surface area contributed by atoms with Gasteiger partial charge in [-0.15, -0.1) is 0 Å². The standard InChI is InChI=1S/C58H57N5/c1-35(2)50-34-51(36(3)4)63-56(62-50)43-29-53(42-26-40(38-19-15-12-16-20-38)25-41(27-42)52-28-39(23-24-59-52)37-17-13-11-14-18-37)60-54(30-43)48-33-45(58(8,9)10)32-47-46-31-44(57(5,6)7)21-22-49(46)61-55(47)48/h11-36,61H,1-10H3. The monoisotopic (exact) mass is 823 g/mol. The van der Waals surface area contributed by atoms with Crippen molar-refractivity contribution in [1.82, 2.24) is 24.9 Å². The first-order valence-electron chi connectivity index (χ1n) is 22.3. The minimum atomic E-state index is -0.115. The van der Waals surface area contributed by atoms with E-state index in [0.717, 1.165) is 84.0 Å². The smallest absolute Gasteiger partial charge is 0.159 e. The summed E-state index contributed by atoms with van der Waals surface area (Å²) in [4.78, 5) is 25.0. The van der Waals surface area contributed by atoms with Crippen LogP contribution < -0.4 is 0 Å². The highest BCUT2D eigenvalue weighted by molar-refractivity contribution is 6.12. The number of pyridine rings is 2. The summed E-state index contributed by atoms with van der Waals surface area (Å²) in [7, 11) is 0. The van der Waals surface area contributed by atoms with Crippen LogP contribution in [-0.4, -0.2) is 24.9 Å². The molecule has 314 valence electrons. The molecule has 4 heterocycles. The fraction of sp³-hybridized carbons (Fsp3) is 0.241. The zero-order chi connectivity index (χ0) is 44.2. The maximum absolute atomic E-state index is 5.65. The van der Waals surface area contributed by atoms with Crippen molar-refractivity contribution in [1.29, 1.82) is 0 Å². The van der Waals surface area contributed by atoms with E-state index >= 15 is 0 Å². The Kier molecular flexibility index (Phi) is 10.7. The lowest BCUT2D eigenvalue weighted by Crippen LogP contribution is -2.11. The van der Waals surface area contributed by atoms with E-state index < -0.39 is 0 Å². The third-order valence-corrected chi connectivity index (χ3v) is 12.2. The molecule has 0 aliphatic heterocycles. The number of rotatable bonds is 8. The molecule has 5 aromatic carbocycles. The average Bonchev–Trinajstić information content (AvgIpc) is 3.66. The van der Waals surface area contributed by atoms with Crippen LogP contribution in [0, 0.1) is 0 Å². The molecule has 0 aliphatic rings. The van der Waals surface area contributed by atoms with E-state index in [4.69, 9.17) is 19.9 Å². The Morgan fingerprint density at radius 1 is 0.429 bits per heavy atom. The van der Waals surface area contributed by atoms with E-state index in [1.165, 1.54) is 21.9 Å². The number of hydrogen-bond donors (Lipinski definition) is 1. The number of nitrogens with one attached hydrogen (secondary N) is 1. The van der Waals surface area contributed by atoms with Crippen LogP contribution in [0.4, 0.5) is 0 Å². The summed E-state index contributed by atoms with van der Waals surface area (Å²) in [6.07, 6.45) is 1.91. The summed E-state index contributed by atoms with van der Waals surface area (Å²) in [5, 5.41) is 2.42. The first-order chi connectivity index (χ1) is 30.1. The Labute approximate surface area is 372 Å². The summed E-state index contributed by atoms with van der Waals surface area (Å²) in [6.45, 7) is 22.5. The lowest BCUT2D eigenvalue weighted by molar-refractivity contribution is 0.590. The lowest BCUT2D eigenvalue weighted by atomic mass is 9.83. The van der Waals surface area contributed by atoms with Crippen molar-refractivity contribution in [2.24, 2.45) is 0 Å². The molecule has 1 N–H and O–H groups in total. The molecule has 63 heavy (non-hydrogen) atoms. The largest absolute Gasteiger partial charge is 0.354 e. The summed E-state index contributed by atoms with van der Waals surface area (Å²) < 4.78 is 0. The van der Waals surface area contributed by atoms with Gasteiger partial charge in [-0.25, -0.2) is 15.0 Å². The minimum absolute atomic E-state index is 0.0118. The quantitative estimate of drug-likeness (QED) is 0.166. The highest BCUT2D eigenvalue weighted by atomic mass is 14.9. The molecule has 0 saturated carbocycles. The van der Waals surface area contributed by atoms with Crippen LogP contribution in [0.2, 0.25) is 0 Å². The highest BCUT2D eigenvalue weighted by Crippen LogP contribution is 2.41. The summed E-state index contributed by atoms with van der Waals surface area (Å²) in [5.41, 5.74) is 17.8. The number of aromatic nitrogens is 5. The fourth-order valence-corrected chi connectivity index (χ4v) is 8.37. The number of H-pyrrole nitrogens is 1. The van der Waals surface area contributed by atoms with Crippen LogP contribution in [-0.2, 0) is 10.8 Å². The molecule has 0 aliphatic carbocycles. The van der Waals surface area contributed by atoms with Crippen LogP contribution in [0.5, 0.6) is 0 Å². The predicted octanol–water partition coefficient (Wildman–Crippen LogP) is 15.7. The van der Waals surface area contributed by atoms with Crippen molar-refractivity contribution in [2.45, 2.75) is 91.9 Å². The van der Waals surface area contributed by atoms with E-state index in [-0.39, 0.29) is 22.7 Å². The molecule has 5 heteroatoms. The van der Waals surface area contributed by atoms with Crippen molar-refractivity contribution in [3.05, 3.63) is 168 Å². The summed E-state index contributed by atoms with van der Waals surface area (Å²) >= 11 is 0. The predicted molar refractivity (Wildman–Crippen MR) is 265 cm³/mol. The van der Waals surface area contributed by atoms with Gasteiger partial charge in [0.1, 0.15) is 0 Å². The van der Waals surface area contributed by atoms with Gasteiger partial charge in [-0.2, -0.15) is 0 Å². The Morgan fingerprint density at radius 2 is 0.984 bits per heavy atom. The molecular formula is C58H57N5. The van der Waals surface area contributed by atoms with Gasteiger partial charge in [0.2, 0.25) is 0 Å². The van der Waals surface area contributed by atoms with Gasteiger partial charge < -0.3 is 4.98 Å². The maximum Gasteiger partial charge on any atom is 0.159 e. The number of aromatic amines is 1. The van der Waals surface area contributed by atoms with E-state index in [2.05, 4.69) is 214 Å². The number of nitrogens with zero attached hydrogens (tertiary/aromatic N) is 4. The molecule has 9 rings (SSSR count). The van der Waals surface area contributed by atoms with Gasteiger partial charge >= 0.3 is 0 Å². The Bertz CT molecular complexity index is 3100. The van der Waals surface area contributed by atoms with Gasteiger partial charge in [-0.3, -0.25) is 4.98 Å². The van der Waals surface area contributed by atoms with Gasteiger partial charge in [0.15, 0.2) is 5.82 Å². The molecule has 4 aromatic heterocycles. The first-order valence-corrected chi connectivity index (χ1v) is 22.3. The van der Waals surface area contributed by atoms with E-state index in [1.807, 2.05) is 6.20 Å². The molecule has 0 radical (unpaired) electrons. The SMILES string of the molecule is CC(C)c1cc(C(C)C)nc(-c2cc(-c3cc(-c4ccccc4)cc(-c4cc(-c5ccccc5)ccn4)c3)nc(-c3cc(C(C)(C)C)cc4c3[nH]c3ccc(C(C)(C)C)cc34)c2)n1. The Morgan fingerprint density at radius 3 is 1.60 bits per heavy atom. The molecule has 0 amide bonds. The van der Waals surface area contributed by atoms with E-state index in [1.54, 1.807) is 0 Å². The highest BCUT2D eigenvalue weighted by Gasteiger charge is 2.23. The van der Waals surface area contributed by atoms with Gasteiger partial charge in [0.05, 0.1) is 22.6 Å². The fourth-order valence-electron chi connectivity index (χ4n) is 8.37. The molecule has 0 bridgehead atoms. The molecule has 9 aromatic rings. The third kappa shape index (κ3) is 8.45. The molecule has 0 unspecified atom stereocenters. The molecular weight excluding hydrogens is 767 g/mol. The van der Waals surface area contributed by atoms with Crippen LogP contribution in [0.3, 0.4) is 0 Å². The topological polar surface area (TPSA) is 67.3 Å². The van der Waals surface area contributed by atoms with Gasteiger partial charge in [-0.1, -0.05) is 136 Å². The van der Waals surface area contributed by atoms with Crippen molar-refractivity contribution >= 4 is 21.8 Å². The zero-order valence-corrected chi connectivity index (χ0v) is 38.3. The normalized spacial score (nSPS) is 12.3. The third-order valence-electron chi connectivity index (χ3n) is 12.2. The van der Waals surface area contributed by atoms with Crippen molar-refractivity contribution in [3.8, 4) is 67.4 Å². The first kappa shape index (κ1) is 41.6. The maximum atomic E-state index is 5.65. The van der Waals surface area contributed by atoms with Gasteiger partial charge in [-0.05, 0) is 129 Å². The second-order valence-electron chi connectivity index (χ2n) is 19.8. The average molecular weight is 824 g/mol. The number of fused-ring (bicyclic) bond motifs is 3. The minimum Gasteiger partial charge on any atom is -0.354 e. The molecule has 5 nitrogen and oxygen atoms in total. The van der Waals surface area contributed by atoms with Crippen LogP contribution in [0.15, 0.2) is 146 Å². The summed E-state index contributed by atoms with van der Waals surface area (Å²) in [6, 6.07) is 50.2. The number of hydrogen-bond acceptors (Lipinski definition) is 4. The summed E-state index contributed by atoms with van der Waals surface area (Å²) in [5.74, 6) is 1.18.